The van der Waals surface area contributed by atoms with Crippen molar-refractivity contribution in [3.05, 3.63) is 57.6 Å². The summed E-state index contributed by atoms with van der Waals surface area (Å²) in [4.78, 5) is 0. The van der Waals surface area contributed by atoms with E-state index in [9.17, 15) is 8.78 Å². The molecule has 4 nitrogen and oxygen atoms in total. The van der Waals surface area contributed by atoms with Crippen LogP contribution >= 0.6 is 15.9 Å². The van der Waals surface area contributed by atoms with Gasteiger partial charge in [0.15, 0.2) is 17.4 Å². The van der Waals surface area contributed by atoms with Crippen LogP contribution in [0.25, 0.3) is 0 Å². The van der Waals surface area contributed by atoms with E-state index in [0.717, 1.165) is 6.07 Å². The molecule has 7 heteroatoms. The Morgan fingerprint density at radius 2 is 2.05 bits per heavy atom. The lowest BCUT2D eigenvalue weighted by molar-refractivity contribution is 0.318. The highest BCUT2D eigenvalue weighted by Gasteiger charge is 2.17. The molecule has 0 unspecified atom stereocenters. The summed E-state index contributed by atoms with van der Waals surface area (Å²) in [5.41, 5.74) is 6.46. The molecule has 0 saturated carbocycles. The van der Waals surface area contributed by atoms with Gasteiger partial charge in [-0.1, -0.05) is 33.2 Å². The van der Waals surface area contributed by atoms with Crippen LogP contribution in [-0.2, 0) is 0 Å². The van der Waals surface area contributed by atoms with Gasteiger partial charge in [-0.05, 0) is 30.7 Å². The third kappa shape index (κ3) is 3.13. The quantitative estimate of drug-likeness (QED) is 0.288. The first-order valence-corrected chi connectivity index (χ1v) is 6.63. The minimum Gasteiger partial charge on any atom is -0.453 e. The van der Waals surface area contributed by atoms with Crippen LogP contribution in [0.2, 0.25) is 0 Å². The minimum absolute atomic E-state index is 0.184. The lowest BCUT2D eigenvalue weighted by Crippen LogP contribution is -2.14. The second-order valence-corrected chi connectivity index (χ2v) is 5.15. The van der Waals surface area contributed by atoms with Gasteiger partial charge in [0.05, 0.1) is 5.56 Å². The lowest BCUT2D eigenvalue weighted by atomic mass is 10.1. The highest BCUT2D eigenvalue weighted by molar-refractivity contribution is 9.10. The Morgan fingerprint density at radius 3 is 2.71 bits per heavy atom. The monoisotopic (exact) mass is 356 g/mol. The summed E-state index contributed by atoms with van der Waals surface area (Å²) < 4.78 is 32.9. The fourth-order valence-corrected chi connectivity index (χ4v) is 2.17. The van der Waals surface area contributed by atoms with E-state index in [2.05, 4.69) is 21.1 Å². The largest absolute Gasteiger partial charge is 0.453 e. The molecule has 21 heavy (non-hydrogen) atoms. The Kier molecular flexibility index (Phi) is 4.42. The van der Waals surface area contributed by atoms with Gasteiger partial charge in [-0.15, -0.1) is 0 Å². The standard InChI is InChI=1S/C14H11BrF2N2O2/c1-7-3-2-4-9(14(18)19-20)13(7)21-11-6-8(15)5-10(16)12(11)17/h2-6,20H,1H3,(H2,18,19). The van der Waals surface area contributed by atoms with Crippen molar-refractivity contribution < 1.29 is 18.7 Å². The number of hydrogen-bond acceptors (Lipinski definition) is 3. The van der Waals surface area contributed by atoms with Gasteiger partial charge >= 0.3 is 0 Å². The number of para-hydroxylation sites is 1. The smallest absolute Gasteiger partial charge is 0.201 e. The Bertz CT molecular complexity index is 720. The van der Waals surface area contributed by atoms with Crippen LogP contribution in [0.15, 0.2) is 40.0 Å². The summed E-state index contributed by atoms with van der Waals surface area (Å²) in [6, 6.07) is 7.21. The minimum atomic E-state index is -1.12. The zero-order valence-electron chi connectivity index (χ0n) is 10.9. The van der Waals surface area contributed by atoms with Crippen molar-refractivity contribution in [1.82, 2.24) is 0 Å². The van der Waals surface area contributed by atoms with Crippen LogP contribution in [0.4, 0.5) is 8.78 Å². The Balaban J connectivity index is 2.55. The van der Waals surface area contributed by atoms with E-state index in [1.165, 1.54) is 6.07 Å². The summed E-state index contributed by atoms with van der Waals surface area (Å²) in [7, 11) is 0. The lowest BCUT2D eigenvalue weighted by Gasteiger charge is -2.14. The van der Waals surface area contributed by atoms with Gasteiger partial charge < -0.3 is 15.7 Å². The van der Waals surface area contributed by atoms with Gasteiger partial charge in [0.25, 0.3) is 0 Å². The molecule has 2 rings (SSSR count). The molecule has 0 heterocycles. The van der Waals surface area contributed by atoms with Crippen molar-refractivity contribution in [2.45, 2.75) is 6.92 Å². The molecule has 0 aromatic heterocycles. The van der Waals surface area contributed by atoms with Gasteiger partial charge in [0.2, 0.25) is 5.82 Å². The second kappa shape index (κ2) is 6.09. The average molecular weight is 357 g/mol. The number of hydrogen-bond donors (Lipinski definition) is 2. The predicted octanol–water partition coefficient (Wildman–Crippen LogP) is 3.92. The summed E-state index contributed by atoms with van der Waals surface area (Å²) in [6.45, 7) is 1.70. The van der Waals surface area contributed by atoms with E-state index in [1.54, 1.807) is 25.1 Å². The number of nitrogens with two attached hydrogens (primary N) is 1. The fourth-order valence-electron chi connectivity index (χ4n) is 1.76. The molecule has 2 aromatic rings. The molecule has 2 aromatic carbocycles. The van der Waals surface area contributed by atoms with E-state index in [0.29, 0.717) is 10.0 Å². The maximum Gasteiger partial charge on any atom is 0.201 e. The van der Waals surface area contributed by atoms with E-state index in [4.69, 9.17) is 15.7 Å². The Morgan fingerprint density at radius 1 is 1.33 bits per heavy atom. The van der Waals surface area contributed by atoms with Crippen LogP contribution in [0.1, 0.15) is 11.1 Å². The highest BCUT2D eigenvalue weighted by atomic mass is 79.9. The molecular formula is C14H11BrF2N2O2. The number of aryl methyl sites for hydroxylation is 1. The molecule has 0 fully saturated rings. The zero-order valence-corrected chi connectivity index (χ0v) is 12.5. The molecular weight excluding hydrogens is 346 g/mol. The van der Waals surface area contributed by atoms with E-state index < -0.39 is 11.6 Å². The zero-order chi connectivity index (χ0) is 15.6. The van der Waals surface area contributed by atoms with Gasteiger partial charge in [0.1, 0.15) is 5.75 Å². The number of rotatable bonds is 3. The molecule has 0 aliphatic carbocycles. The van der Waals surface area contributed by atoms with Crippen LogP contribution in [0.3, 0.4) is 0 Å². The van der Waals surface area contributed by atoms with Crippen molar-refractivity contribution >= 4 is 21.8 Å². The first kappa shape index (κ1) is 15.2. The molecule has 3 N–H and O–H groups in total. The number of oxime groups is 1. The van der Waals surface area contributed by atoms with Crippen molar-refractivity contribution in [2.24, 2.45) is 10.9 Å². The van der Waals surface area contributed by atoms with Crippen molar-refractivity contribution in [1.29, 1.82) is 0 Å². The second-order valence-electron chi connectivity index (χ2n) is 4.24. The van der Waals surface area contributed by atoms with E-state index >= 15 is 0 Å². The van der Waals surface area contributed by atoms with Crippen LogP contribution in [-0.4, -0.2) is 11.0 Å². The first-order chi connectivity index (χ1) is 9.93. The molecule has 0 bridgehead atoms. The van der Waals surface area contributed by atoms with Crippen LogP contribution < -0.4 is 10.5 Å². The third-order valence-corrected chi connectivity index (χ3v) is 3.23. The van der Waals surface area contributed by atoms with Crippen LogP contribution in [0.5, 0.6) is 11.5 Å². The fraction of sp³-hybridized carbons (Fsp3) is 0.0714. The Labute approximate surface area is 128 Å². The number of amidine groups is 1. The molecule has 0 atom stereocenters. The van der Waals surface area contributed by atoms with E-state index in [1.807, 2.05) is 0 Å². The normalized spacial score (nSPS) is 11.5. The maximum absolute atomic E-state index is 13.8. The average Bonchev–Trinajstić information content (AvgIpc) is 2.45. The molecule has 0 spiro atoms. The van der Waals surface area contributed by atoms with Crippen molar-refractivity contribution in [3.8, 4) is 11.5 Å². The molecule has 0 aliphatic heterocycles. The number of benzene rings is 2. The topological polar surface area (TPSA) is 67.8 Å². The number of nitrogens with zero attached hydrogens (tertiary/aromatic N) is 1. The van der Waals surface area contributed by atoms with Crippen LogP contribution in [0, 0.1) is 18.6 Å². The maximum atomic E-state index is 13.8. The summed E-state index contributed by atoms with van der Waals surface area (Å²) >= 11 is 3.07. The molecule has 0 saturated heterocycles. The molecule has 0 amide bonds. The number of halogens is 3. The molecule has 110 valence electrons. The van der Waals surface area contributed by atoms with Gasteiger partial charge in [-0.3, -0.25) is 0 Å². The molecule has 0 radical (unpaired) electrons. The first-order valence-electron chi connectivity index (χ1n) is 5.84. The third-order valence-electron chi connectivity index (χ3n) is 2.77. The molecule has 0 aliphatic rings. The SMILES string of the molecule is Cc1cccc(/C(N)=N/O)c1Oc1cc(Br)cc(F)c1F. The summed E-state index contributed by atoms with van der Waals surface area (Å²) in [6.07, 6.45) is 0. The van der Waals surface area contributed by atoms with Crippen molar-refractivity contribution in [2.75, 3.05) is 0 Å². The van der Waals surface area contributed by atoms with Gasteiger partial charge in [-0.2, -0.15) is 4.39 Å². The number of ether oxygens (including phenoxy) is 1. The summed E-state index contributed by atoms with van der Waals surface area (Å²) in [5, 5.41) is 11.7. The summed E-state index contributed by atoms with van der Waals surface area (Å²) in [5.74, 6) is -2.47. The highest BCUT2D eigenvalue weighted by Crippen LogP contribution is 2.33. The Hall–Kier alpha value is -2.15. The van der Waals surface area contributed by atoms with Gasteiger partial charge in [0, 0.05) is 4.47 Å². The predicted molar refractivity (Wildman–Crippen MR) is 77.8 cm³/mol. The van der Waals surface area contributed by atoms with Gasteiger partial charge in [-0.25, -0.2) is 4.39 Å². The van der Waals surface area contributed by atoms with E-state index in [-0.39, 0.29) is 22.9 Å². The van der Waals surface area contributed by atoms with Crippen molar-refractivity contribution in [3.63, 3.8) is 0 Å².